The van der Waals surface area contributed by atoms with Crippen molar-refractivity contribution < 1.29 is 14.3 Å². The van der Waals surface area contributed by atoms with Gasteiger partial charge >= 0.3 is 0 Å². The molecular formula is C20H28N2O3. The predicted molar refractivity (Wildman–Crippen MR) is 101 cm³/mol. The molecule has 0 aliphatic heterocycles. The van der Waals surface area contributed by atoms with Crippen molar-refractivity contribution in [2.45, 2.75) is 40.2 Å². The number of aromatic nitrogens is 1. The van der Waals surface area contributed by atoms with Crippen LogP contribution in [0.5, 0.6) is 11.5 Å². The van der Waals surface area contributed by atoms with Gasteiger partial charge in [-0.1, -0.05) is 0 Å². The molecule has 0 bridgehead atoms. The number of carbonyl (C=O) groups is 1. The Morgan fingerprint density at radius 3 is 2.32 bits per heavy atom. The number of benzene rings is 1. The summed E-state index contributed by atoms with van der Waals surface area (Å²) in [5.41, 5.74) is 3.51. The Labute approximate surface area is 149 Å². The van der Waals surface area contributed by atoms with E-state index in [0.717, 1.165) is 22.6 Å². The fraction of sp³-hybridized carbons (Fsp3) is 0.450. The molecule has 0 radical (unpaired) electrons. The van der Waals surface area contributed by atoms with Crippen molar-refractivity contribution in [2.75, 3.05) is 26.1 Å². The Morgan fingerprint density at radius 2 is 1.80 bits per heavy atom. The number of hydrogen-bond donors (Lipinski definition) is 1. The van der Waals surface area contributed by atoms with Crippen LogP contribution >= 0.6 is 0 Å². The van der Waals surface area contributed by atoms with Gasteiger partial charge in [-0.3, -0.25) is 4.79 Å². The van der Waals surface area contributed by atoms with E-state index in [1.165, 1.54) is 0 Å². The highest BCUT2D eigenvalue weighted by Crippen LogP contribution is 2.29. The smallest absolute Gasteiger partial charge is 0.183 e. The summed E-state index contributed by atoms with van der Waals surface area (Å²) in [6, 6.07) is 7.43. The van der Waals surface area contributed by atoms with Crippen molar-refractivity contribution in [2.24, 2.45) is 0 Å². The zero-order valence-electron chi connectivity index (χ0n) is 16.2. The molecule has 0 saturated carbocycles. The van der Waals surface area contributed by atoms with Gasteiger partial charge in [0.1, 0.15) is 11.5 Å². The molecule has 25 heavy (non-hydrogen) atoms. The molecule has 0 unspecified atom stereocenters. The number of hydrogen-bond acceptors (Lipinski definition) is 4. The minimum absolute atomic E-state index is 0.0495. The van der Waals surface area contributed by atoms with Gasteiger partial charge in [0.05, 0.1) is 26.5 Å². The normalized spacial score (nSPS) is 11.3. The maximum Gasteiger partial charge on any atom is 0.183 e. The number of rotatable bonds is 6. The van der Waals surface area contributed by atoms with Gasteiger partial charge in [-0.15, -0.1) is 0 Å². The van der Waals surface area contributed by atoms with E-state index >= 15 is 0 Å². The van der Waals surface area contributed by atoms with Crippen molar-refractivity contribution >= 4 is 11.5 Å². The number of nitrogens with one attached hydrogen (secondary N) is 1. The standard InChI is InChI=1S/C20H28N2O3/c1-13-10-16(14(2)22(13)20(3,4)5)18(23)12-21-17-11-15(24-6)8-9-19(17)25-7/h8-11,21H,12H2,1-7H3. The van der Waals surface area contributed by atoms with Crippen LogP contribution in [0.25, 0.3) is 0 Å². The molecule has 0 atom stereocenters. The molecule has 0 aliphatic carbocycles. The monoisotopic (exact) mass is 344 g/mol. The minimum atomic E-state index is -0.0594. The van der Waals surface area contributed by atoms with Gasteiger partial charge in [-0.05, 0) is 52.8 Å². The van der Waals surface area contributed by atoms with Gasteiger partial charge in [-0.25, -0.2) is 0 Å². The largest absolute Gasteiger partial charge is 0.497 e. The first-order valence-corrected chi connectivity index (χ1v) is 8.37. The van der Waals surface area contributed by atoms with E-state index in [9.17, 15) is 4.79 Å². The molecule has 1 aromatic heterocycles. The summed E-state index contributed by atoms with van der Waals surface area (Å²) in [6.07, 6.45) is 0. The third-order valence-corrected chi connectivity index (χ3v) is 4.25. The summed E-state index contributed by atoms with van der Waals surface area (Å²) < 4.78 is 12.8. The number of Topliss-reactive ketones (excluding diaryl/α,β-unsaturated/α-hetero) is 1. The second-order valence-corrected chi connectivity index (χ2v) is 7.13. The number of ketones is 1. The number of nitrogens with zero attached hydrogens (tertiary/aromatic N) is 1. The lowest BCUT2D eigenvalue weighted by Crippen LogP contribution is -2.24. The Balaban J connectivity index is 2.22. The Morgan fingerprint density at radius 1 is 1.12 bits per heavy atom. The van der Waals surface area contributed by atoms with Crippen LogP contribution in [0.4, 0.5) is 5.69 Å². The maximum absolute atomic E-state index is 12.7. The van der Waals surface area contributed by atoms with Gasteiger partial charge in [-0.2, -0.15) is 0 Å². The number of carbonyl (C=O) groups excluding carboxylic acids is 1. The van der Waals surface area contributed by atoms with Crippen molar-refractivity contribution in [1.29, 1.82) is 0 Å². The SMILES string of the molecule is COc1ccc(OC)c(NCC(=O)c2cc(C)n(C(C)(C)C)c2C)c1. The summed E-state index contributed by atoms with van der Waals surface area (Å²) >= 11 is 0. The topological polar surface area (TPSA) is 52.5 Å². The highest BCUT2D eigenvalue weighted by molar-refractivity contribution is 6.00. The Kier molecular flexibility index (Phi) is 5.45. The summed E-state index contributed by atoms with van der Waals surface area (Å²) in [7, 11) is 3.21. The lowest BCUT2D eigenvalue weighted by molar-refractivity contribution is 0.100. The highest BCUT2D eigenvalue weighted by atomic mass is 16.5. The quantitative estimate of drug-likeness (QED) is 0.799. The molecule has 0 saturated heterocycles. The van der Waals surface area contributed by atoms with Crippen molar-refractivity contribution in [1.82, 2.24) is 4.57 Å². The fourth-order valence-electron chi connectivity index (χ4n) is 3.30. The average Bonchev–Trinajstić information content (AvgIpc) is 2.86. The number of methoxy groups -OCH3 is 2. The first-order valence-electron chi connectivity index (χ1n) is 8.37. The van der Waals surface area contributed by atoms with E-state index in [1.807, 2.05) is 38.1 Å². The van der Waals surface area contributed by atoms with E-state index in [4.69, 9.17) is 9.47 Å². The van der Waals surface area contributed by atoms with Crippen LogP contribution in [-0.2, 0) is 5.54 Å². The van der Waals surface area contributed by atoms with E-state index in [1.54, 1.807) is 14.2 Å². The van der Waals surface area contributed by atoms with Gasteiger partial charge in [0.25, 0.3) is 0 Å². The molecule has 0 fully saturated rings. The minimum Gasteiger partial charge on any atom is -0.497 e. The second kappa shape index (κ2) is 7.21. The molecule has 2 rings (SSSR count). The van der Waals surface area contributed by atoms with Gasteiger partial charge in [0, 0.05) is 28.6 Å². The number of aryl methyl sites for hydroxylation is 1. The molecule has 136 valence electrons. The molecular weight excluding hydrogens is 316 g/mol. The van der Waals surface area contributed by atoms with Crippen LogP contribution in [0, 0.1) is 13.8 Å². The van der Waals surface area contributed by atoms with E-state index < -0.39 is 0 Å². The highest BCUT2D eigenvalue weighted by Gasteiger charge is 2.22. The molecule has 0 aliphatic rings. The first kappa shape index (κ1) is 18.9. The molecule has 1 N–H and O–H groups in total. The van der Waals surface area contributed by atoms with Crippen LogP contribution in [0.1, 0.15) is 42.5 Å². The van der Waals surface area contributed by atoms with Gasteiger partial charge in [0.15, 0.2) is 5.78 Å². The zero-order valence-corrected chi connectivity index (χ0v) is 16.2. The molecule has 0 spiro atoms. The van der Waals surface area contributed by atoms with E-state index in [2.05, 4.69) is 30.7 Å². The zero-order chi connectivity index (χ0) is 18.8. The Hall–Kier alpha value is -2.43. The van der Waals surface area contributed by atoms with Gasteiger partial charge < -0.3 is 19.4 Å². The summed E-state index contributed by atoms with van der Waals surface area (Å²) in [6.45, 7) is 10.6. The molecule has 1 heterocycles. The lowest BCUT2D eigenvalue weighted by atomic mass is 10.1. The molecule has 5 nitrogen and oxygen atoms in total. The van der Waals surface area contributed by atoms with Gasteiger partial charge in [0.2, 0.25) is 0 Å². The lowest BCUT2D eigenvalue weighted by Gasteiger charge is -2.25. The summed E-state index contributed by atoms with van der Waals surface area (Å²) in [4.78, 5) is 12.7. The molecule has 0 amide bonds. The first-order chi connectivity index (χ1) is 11.7. The number of ether oxygens (including phenoxy) is 2. The predicted octanol–water partition coefficient (Wildman–Crippen LogP) is 4.17. The van der Waals surface area contributed by atoms with Crippen molar-refractivity contribution in [3.05, 3.63) is 41.2 Å². The van der Waals surface area contributed by atoms with E-state index in [0.29, 0.717) is 11.5 Å². The van der Waals surface area contributed by atoms with Crippen LogP contribution < -0.4 is 14.8 Å². The Bertz CT molecular complexity index is 770. The third kappa shape index (κ3) is 3.98. The number of anilines is 1. The summed E-state index contributed by atoms with van der Waals surface area (Å²) in [5, 5.41) is 3.17. The van der Waals surface area contributed by atoms with Crippen LogP contribution in [0.15, 0.2) is 24.3 Å². The van der Waals surface area contributed by atoms with E-state index in [-0.39, 0.29) is 17.9 Å². The second-order valence-electron chi connectivity index (χ2n) is 7.13. The average molecular weight is 344 g/mol. The molecule has 2 aromatic rings. The third-order valence-electron chi connectivity index (χ3n) is 4.25. The van der Waals surface area contributed by atoms with Crippen molar-refractivity contribution in [3.63, 3.8) is 0 Å². The maximum atomic E-state index is 12.7. The molecule has 1 aromatic carbocycles. The van der Waals surface area contributed by atoms with Crippen LogP contribution in [0.2, 0.25) is 0 Å². The van der Waals surface area contributed by atoms with Crippen molar-refractivity contribution in [3.8, 4) is 11.5 Å². The molecule has 5 heteroatoms. The van der Waals surface area contributed by atoms with Crippen LogP contribution in [-0.4, -0.2) is 31.1 Å². The fourth-order valence-corrected chi connectivity index (χ4v) is 3.30. The van der Waals surface area contributed by atoms with Crippen LogP contribution in [0.3, 0.4) is 0 Å². The summed E-state index contributed by atoms with van der Waals surface area (Å²) in [5.74, 6) is 1.43.